The number of hydrogen-bond donors (Lipinski definition) is 1. The van der Waals surface area contributed by atoms with E-state index in [9.17, 15) is 8.42 Å². The lowest BCUT2D eigenvalue weighted by atomic mass is 10.2. The molecule has 5 heteroatoms. The van der Waals surface area contributed by atoms with Gasteiger partial charge in [-0.05, 0) is 36.2 Å². The Morgan fingerprint density at radius 3 is 2.33 bits per heavy atom. The number of rotatable bonds is 6. The average Bonchev–Trinajstić information content (AvgIpc) is 2.48. The standard InChI is InChI=1S/C16H19NO3S/c1-13-4-2-3-5-16(13)21(18,19)11-10-20-15-8-6-14(12-17)7-9-15/h2-9H,10-12,17H2,1H3. The van der Waals surface area contributed by atoms with Gasteiger partial charge in [-0.15, -0.1) is 0 Å². The molecule has 4 nitrogen and oxygen atoms in total. The minimum atomic E-state index is -3.32. The van der Waals surface area contributed by atoms with Crippen molar-refractivity contribution in [2.24, 2.45) is 5.73 Å². The Labute approximate surface area is 125 Å². The lowest BCUT2D eigenvalue weighted by Gasteiger charge is -2.09. The summed E-state index contributed by atoms with van der Waals surface area (Å²) in [6.45, 7) is 2.39. The molecule has 2 aromatic rings. The summed E-state index contributed by atoms with van der Waals surface area (Å²) in [5, 5.41) is 0. The predicted molar refractivity (Wildman–Crippen MR) is 83.1 cm³/mol. The van der Waals surface area contributed by atoms with Crippen LogP contribution in [0.5, 0.6) is 5.75 Å². The highest BCUT2D eigenvalue weighted by Crippen LogP contribution is 2.17. The zero-order valence-electron chi connectivity index (χ0n) is 12.0. The second kappa shape index (κ2) is 6.74. The van der Waals surface area contributed by atoms with Gasteiger partial charge in [-0.1, -0.05) is 30.3 Å². The first-order chi connectivity index (χ1) is 10.0. The Balaban J connectivity index is 1.97. The van der Waals surface area contributed by atoms with Crippen molar-refractivity contribution < 1.29 is 13.2 Å². The Morgan fingerprint density at radius 1 is 1.05 bits per heavy atom. The maximum absolute atomic E-state index is 12.2. The first-order valence-corrected chi connectivity index (χ1v) is 8.38. The maximum atomic E-state index is 12.2. The fourth-order valence-electron chi connectivity index (χ4n) is 2.01. The summed E-state index contributed by atoms with van der Waals surface area (Å²) >= 11 is 0. The SMILES string of the molecule is Cc1ccccc1S(=O)(=O)CCOc1ccc(CN)cc1. The number of sulfone groups is 1. The highest BCUT2D eigenvalue weighted by molar-refractivity contribution is 7.91. The minimum Gasteiger partial charge on any atom is -0.493 e. The summed E-state index contributed by atoms with van der Waals surface area (Å²) in [6.07, 6.45) is 0. The van der Waals surface area contributed by atoms with Crippen LogP contribution in [0.4, 0.5) is 0 Å². The first kappa shape index (κ1) is 15.5. The maximum Gasteiger partial charge on any atom is 0.181 e. The summed E-state index contributed by atoms with van der Waals surface area (Å²) in [5.41, 5.74) is 7.28. The summed E-state index contributed by atoms with van der Waals surface area (Å²) < 4.78 is 30.0. The van der Waals surface area contributed by atoms with Crippen LogP contribution < -0.4 is 10.5 Å². The summed E-state index contributed by atoms with van der Waals surface area (Å²) in [7, 11) is -3.32. The molecule has 21 heavy (non-hydrogen) atoms. The fourth-order valence-corrected chi connectivity index (χ4v) is 3.37. The van der Waals surface area contributed by atoms with Gasteiger partial charge in [0.25, 0.3) is 0 Å². The highest BCUT2D eigenvalue weighted by Gasteiger charge is 2.16. The van der Waals surface area contributed by atoms with E-state index in [2.05, 4.69) is 0 Å². The zero-order chi connectivity index (χ0) is 15.3. The third kappa shape index (κ3) is 4.06. The van der Waals surface area contributed by atoms with Crippen molar-refractivity contribution in [3.05, 3.63) is 59.7 Å². The van der Waals surface area contributed by atoms with Crippen molar-refractivity contribution >= 4 is 9.84 Å². The van der Waals surface area contributed by atoms with Crippen LogP contribution in [0, 0.1) is 6.92 Å². The van der Waals surface area contributed by atoms with Gasteiger partial charge < -0.3 is 10.5 Å². The van der Waals surface area contributed by atoms with E-state index in [-0.39, 0.29) is 12.4 Å². The molecule has 0 saturated carbocycles. The smallest absolute Gasteiger partial charge is 0.181 e. The van der Waals surface area contributed by atoms with E-state index in [1.165, 1.54) is 0 Å². The quantitative estimate of drug-likeness (QED) is 0.889. The van der Waals surface area contributed by atoms with E-state index in [4.69, 9.17) is 10.5 Å². The van der Waals surface area contributed by atoms with Crippen LogP contribution in [0.15, 0.2) is 53.4 Å². The lowest BCUT2D eigenvalue weighted by molar-refractivity contribution is 0.340. The van der Waals surface area contributed by atoms with Gasteiger partial charge in [0.1, 0.15) is 12.4 Å². The molecular weight excluding hydrogens is 286 g/mol. The van der Waals surface area contributed by atoms with Crippen LogP contribution >= 0.6 is 0 Å². The molecule has 0 aliphatic rings. The molecule has 0 unspecified atom stereocenters. The van der Waals surface area contributed by atoms with E-state index >= 15 is 0 Å². The van der Waals surface area contributed by atoms with Crippen molar-refractivity contribution in [2.75, 3.05) is 12.4 Å². The predicted octanol–water partition coefficient (Wildman–Crippen LogP) is 2.31. The molecule has 0 radical (unpaired) electrons. The Hall–Kier alpha value is -1.85. The summed E-state index contributed by atoms with van der Waals surface area (Å²) in [4.78, 5) is 0.368. The van der Waals surface area contributed by atoms with Gasteiger partial charge in [0, 0.05) is 6.54 Å². The average molecular weight is 305 g/mol. The van der Waals surface area contributed by atoms with Gasteiger partial charge in [-0.2, -0.15) is 0 Å². The minimum absolute atomic E-state index is 0.0451. The normalized spacial score (nSPS) is 11.3. The number of hydrogen-bond acceptors (Lipinski definition) is 4. The number of benzene rings is 2. The molecule has 0 fully saturated rings. The molecular formula is C16H19NO3S. The topological polar surface area (TPSA) is 69.4 Å². The van der Waals surface area contributed by atoms with Crippen LogP contribution in [-0.4, -0.2) is 20.8 Å². The Bertz CT molecular complexity index is 694. The monoisotopic (exact) mass is 305 g/mol. The van der Waals surface area contributed by atoms with Gasteiger partial charge >= 0.3 is 0 Å². The molecule has 0 amide bonds. The Kier molecular flexibility index (Phi) is 4.98. The highest BCUT2D eigenvalue weighted by atomic mass is 32.2. The van der Waals surface area contributed by atoms with Crippen molar-refractivity contribution in [1.82, 2.24) is 0 Å². The molecule has 2 aromatic carbocycles. The Morgan fingerprint density at radius 2 is 1.71 bits per heavy atom. The van der Waals surface area contributed by atoms with Gasteiger partial charge in [0.15, 0.2) is 9.84 Å². The number of ether oxygens (including phenoxy) is 1. The summed E-state index contributed by atoms with van der Waals surface area (Å²) in [5.74, 6) is 0.600. The third-order valence-corrected chi connectivity index (χ3v) is 5.04. The van der Waals surface area contributed by atoms with Crippen molar-refractivity contribution in [2.45, 2.75) is 18.4 Å². The molecule has 0 atom stereocenters. The van der Waals surface area contributed by atoms with Gasteiger partial charge in [0.05, 0.1) is 10.6 Å². The van der Waals surface area contributed by atoms with E-state index in [1.54, 1.807) is 37.3 Å². The molecule has 0 aliphatic heterocycles. The third-order valence-electron chi connectivity index (χ3n) is 3.21. The molecule has 0 heterocycles. The first-order valence-electron chi connectivity index (χ1n) is 6.73. The van der Waals surface area contributed by atoms with Crippen molar-refractivity contribution in [1.29, 1.82) is 0 Å². The molecule has 0 saturated heterocycles. The second-order valence-corrected chi connectivity index (χ2v) is 6.86. The fraction of sp³-hybridized carbons (Fsp3) is 0.250. The van der Waals surface area contributed by atoms with Crippen LogP contribution in [0.25, 0.3) is 0 Å². The van der Waals surface area contributed by atoms with Gasteiger partial charge in [-0.25, -0.2) is 8.42 Å². The number of aryl methyl sites for hydroxylation is 1. The zero-order valence-corrected chi connectivity index (χ0v) is 12.8. The molecule has 112 valence electrons. The van der Waals surface area contributed by atoms with Gasteiger partial charge in [0.2, 0.25) is 0 Å². The lowest BCUT2D eigenvalue weighted by Crippen LogP contribution is -2.15. The summed E-state index contributed by atoms with van der Waals surface area (Å²) in [6, 6.07) is 14.3. The van der Waals surface area contributed by atoms with Crippen LogP contribution in [0.3, 0.4) is 0 Å². The van der Waals surface area contributed by atoms with Crippen LogP contribution in [-0.2, 0) is 16.4 Å². The van der Waals surface area contributed by atoms with Crippen molar-refractivity contribution in [3.8, 4) is 5.75 Å². The van der Waals surface area contributed by atoms with E-state index in [1.807, 2.05) is 18.2 Å². The second-order valence-electron chi connectivity index (χ2n) is 4.78. The van der Waals surface area contributed by atoms with E-state index in [0.717, 1.165) is 11.1 Å². The molecule has 0 aliphatic carbocycles. The van der Waals surface area contributed by atoms with E-state index < -0.39 is 9.84 Å². The number of nitrogens with two attached hydrogens (primary N) is 1. The molecule has 0 aromatic heterocycles. The van der Waals surface area contributed by atoms with Crippen molar-refractivity contribution in [3.63, 3.8) is 0 Å². The van der Waals surface area contributed by atoms with Gasteiger partial charge in [-0.3, -0.25) is 0 Å². The molecule has 0 spiro atoms. The molecule has 2 N–H and O–H groups in total. The van der Waals surface area contributed by atoms with Crippen LogP contribution in [0.1, 0.15) is 11.1 Å². The molecule has 0 bridgehead atoms. The molecule has 2 rings (SSSR count). The van der Waals surface area contributed by atoms with E-state index in [0.29, 0.717) is 17.2 Å². The van der Waals surface area contributed by atoms with Crippen LogP contribution in [0.2, 0.25) is 0 Å². The largest absolute Gasteiger partial charge is 0.493 e.